The van der Waals surface area contributed by atoms with Crippen molar-refractivity contribution in [2.75, 3.05) is 26.2 Å². The van der Waals surface area contributed by atoms with E-state index in [9.17, 15) is 14.0 Å². The molecule has 7 nitrogen and oxygen atoms in total. The Labute approximate surface area is 175 Å². The molecule has 2 aliphatic heterocycles. The number of carbonyl (C=O) groups excluding carboxylic acids is 2. The van der Waals surface area contributed by atoms with Crippen molar-refractivity contribution in [1.29, 1.82) is 0 Å². The van der Waals surface area contributed by atoms with Crippen LogP contribution in [0.3, 0.4) is 0 Å². The van der Waals surface area contributed by atoms with Crippen LogP contribution in [0.2, 0.25) is 0 Å². The fraction of sp³-hybridized carbons (Fsp3) is 0.500. The van der Waals surface area contributed by atoms with E-state index in [0.717, 1.165) is 43.6 Å². The van der Waals surface area contributed by atoms with E-state index in [-0.39, 0.29) is 23.7 Å². The fourth-order valence-corrected chi connectivity index (χ4v) is 4.23. The summed E-state index contributed by atoms with van der Waals surface area (Å²) in [4.78, 5) is 28.8. The molecular formula is C22H28FN5O2. The summed E-state index contributed by atoms with van der Waals surface area (Å²) in [6.07, 6.45) is 2.57. The molecule has 0 radical (unpaired) electrons. The van der Waals surface area contributed by atoms with Crippen LogP contribution in [0.15, 0.2) is 30.3 Å². The molecule has 8 heteroatoms. The largest absolute Gasteiger partial charge is 0.338 e. The molecule has 1 fully saturated rings. The summed E-state index contributed by atoms with van der Waals surface area (Å²) in [6.45, 7) is 5.94. The SMILES string of the molecule is CCN1CCCn2nc(C3CCN(C(=O)NCc4ccc(F)cc4)CC3)cc2C1=O. The molecule has 0 atom stereocenters. The van der Waals surface area contributed by atoms with Crippen LogP contribution in [0.1, 0.15) is 53.8 Å². The quantitative estimate of drug-likeness (QED) is 0.838. The number of halogens is 1. The number of aromatic nitrogens is 2. The van der Waals surface area contributed by atoms with E-state index in [2.05, 4.69) is 5.32 Å². The maximum absolute atomic E-state index is 13.0. The van der Waals surface area contributed by atoms with E-state index in [1.54, 1.807) is 12.1 Å². The molecule has 0 bridgehead atoms. The summed E-state index contributed by atoms with van der Waals surface area (Å²) >= 11 is 0. The van der Waals surface area contributed by atoms with Gasteiger partial charge in [-0.25, -0.2) is 9.18 Å². The number of likely N-dealkylation sites (tertiary alicyclic amines) is 1. The maximum Gasteiger partial charge on any atom is 0.317 e. The Morgan fingerprint density at radius 1 is 1.17 bits per heavy atom. The Bertz CT molecular complexity index is 903. The van der Waals surface area contributed by atoms with E-state index >= 15 is 0 Å². The highest BCUT2D eigenvalue weighted by atomic mass is 19.1. The minimum Gasteiger partial charge on any atom is -0.338 e. The Balaban J connectivity index is 1.32. The minimum absolute atomic E-state index is 0.0614. The van der Waals surface area contributed by atoms with Crippen LogP contribution >= 0.6 is 0 Å². The number of rotatable bonds is 4. The zero-order chi connectivity index (χ0) is 21.1. The van der Waals surface area contributed by atoms with Gasteiger partial charge < -0.3 is 15.1 Å². The number of aryl methyl sites for hydroxylation is 1. The van der Waals surface area contributed by atoms with Crippen molar-refractivity contribution in [1.82, 2.24) is 24.9 Å². The average Bonchev–Trinajstić information content (AvgIpc) is 3.14. The molecule has 1 N–H and O–H groups in total. The Kier molecular flexibility index (Phi) is 6.01. The number of benzene rings is 1. The predicted molar refractivity (Wildman–Crippen MR) is 111 cm³/mol. The molecule has 0 spiro atoms. The lowest BCUT2D eigenvalue weighted by atomic mass is 9.93. The first-order valence-electron chi connectivity index (χ1n) is 10.7. The minimum atomic E-state index is -0.284. The van der Waals surface area contributed by atoms with Gasteiger partial charge in [0.2, 0.25) is 0 Å². The monoisotopic (exact) mass is 413 g/mol. The highest BCUT2D eigenvalue weighted by Gasteiger charge is 2.29. The van der Waals surface area contributed by atoms with Gasteiger partial charge in [0.05, 0.1) is 5.69 Å². The van der Waals surface area contributed by atoms with Gasteiger partial charge in [-0.3, -0.25) is 9.48 Å². The lowest BCUT2D eigenvalue weighted by molar-refractivity contribution is 0.0766. The van der Waals surface area contributed by atoms with Crippen molar-refractivity contribution >= 4 is 11.9 Å². The normalized spacial score (nSPS) is 17.6. The van der Waals surface area contributed by atoms with Gasteiger partial charge in [0, 0.05) is 45.2 Å². The highest BCUT2D eigenvalue weighted by molar-refractivity contribution is 5.93. The van der Waals surface area contributed by atoms with Crippen molar-refractivity contribution < 1.29 is 14.0 Å². The summed E-state index contributed by atoms with van der Waals surface area (Å²) in [5.74, 6) is 0.0349. The van der Waals surface area contributed by atoms with Gasteiger partial charge in [0.25, 0.3) is 5.91 Å². The van der Waals surface area contributed by atoms with E-state index < -0.39 is 0 Å². The average molecular weight is 413 g/mol. The number of fused-ring (bicyclic) bond motifs is 1. The number of urea groups is 1. The first-order chi connectivity index (χ1) is 14.5. The van der Waals surface area contributed by atoms with Gasteiger partial charge in [-0.1, -0.05) is 12.1 Å². The zero-order valence-electron chi connectivity index (χ0n) is 17.3. The molecule has 4 rings (SSSR count). The molecule has 2 aromatic rings. The third-order valence-corrected chi connectivity index (χ3v) is 6.04. The molecule has 30 heavy (non-hydrogen) atoms. The molecule has 0 unspecified atom stereocenters. The standard InChI is InChI=1S/C22H28FN5O2/c1-2-26-10-3-11-28-20(21(26)29)14-19(25-28)17-8-12-27(13-9-17)22(30)24-15-16-4-6-18(23)7-5-16/h4-7,14,17H,2-3,8-13,15H2,1H3,(H,24,30). The van der Waals surface area contributed by atoms with Crippen molar-refractivity contribution in [3.63, 3.8) is 0 Å². The predicted octanol–water partition coefficient (Wildman–Crippen LogP) is 2.98. The molecule has 2 aliphatic rings. The van der Waals surface area contributed by atoms with Crippen LogP contribution in [0.5, 0.6) is 0 Å². The topological polar surface area (TPSA) is 70.5 Å². The summed E-state index contributed by atoms with van der Waals surface area (Å²) in [5.41, 5.74) is 2.51. The number of hydrogen-bond donors (Lipinski definition) is 1. The molecule has 3 heterocycles. The number of amides is 3. The summed E-state index contributed by atoms with van der Waals surface area (Å²) in [7, 11) is 0. The van der Waals surface area contributed by atoms with E-state index in [1.807, 2.05) is 27.5 Å². The van der Waals surface area contributed by atoms with E-state index in [1.165, 1.54) is 12.1 Å². The van der Waals surface area contributed by atoms with Crippen molar-refractivity contribution in [3.8, 4) is 0 Å². The second-order valence-electron chi connectivity index (χ2n) is 7.96. The molecular weight excluding hydrogens is 385 g/mol. The summed E-state index contributed by atoms with van der Waals surface area (Å²) < 4.78 is 14.8. The lowest BCUT2D eigenvalue weighted by Gasteiger charge is -2.31. The molecule has 1 aromatic heterocycles. The van der Waals surface area contributed by atoms with Crippen LogP contribution in [-0.4, -0.2) is 57.7 Å². The third-order valence-electron chi connectivity index (χ3n) is 6.04. The van der Waals surface area contributed by atoms with Gasteiger partial charge in [-0.05, 0) is 49.9 Å². The fourth-order valence-electron chi connectivity index (χ4n) is 4.23. The van der Waals surface area contributed by atoms with Gasteiger partial charge in [-0.15, -0.1) is 0 Å². The number of nitrogens with zero attached hydrogens (tertiary/aromatic N) is 4. The number of carbonyl (C=O) groups is 2. The molecule has 1 aromatic carbocycles. The van der Waals surface area contributed by atoms with Gasteiger partial charge in [0.1, 0.15) is 11.5 Å². The zero-order valence-corrected chi connectivity index (χ0v) is 17.3. The van der Waals surface area contributed by atoms with Crippen molar-refractivity contribution in [3.05, 3.63) is 53.1 Å². The van der Waals surface area contributed by atoms with E-state index in [0.29, 0.717) is 31.9 Å². The first-order valence-corrected chi connectivity index (χ1v) is 10.7. The Hall–Kier alpha value is -2.90. The number of hydrogen-bond acceptors (Lipinski definition) is 3. The summed E-state index contributed by atoms with van der Waals surface area (Å²) in [6, 6.07) is 7.98. The lowest BCUT2D eigenvalue weighted by Crippen LogP contribution is -2.43. The Morgan fingerprint density at radius 2 is 1.90 bits per heavy atom. The summed E-state index contributed by atoms with van der Waals surface area (Å²) in [5, 5.41) is 7.63. The van der Waals surface area contributed by atoms with Crippen LogP contribution in [0, 0.1) is 5.82 Å². The molecule has 3 amide bonds. The van der Waals surface area contributed by atoms with Crippen LogP contribution < -0.4 is 5.32 Å². The van der Waals surface area contributed by atoms with Crippen molar-refractivity contribution in [2.24, 2.45) is 0 Å². The van der Waals surface area contributed by atoms with Crippen LogP contribution in [-0.2, 0) is 13.1 Å². The maximum atomic E-state index is 13.0. The second-order valence-corrected chi connectivity index (χ2v) is 7.96. The van der Waals surface area contributed by atoms with Crippen LogP contribution in [0.4, 0.5) is 9.18 Å². The first kappa shape index (κ1) is 20.4. The molecule has 0 saturated carbocycles. The molecule has 1 saturated heterocycles. The highest BCUT2D eigenvalue weighted by Crippen LogP contribution is 2.28. The van der Waals surface area contributed by atoms with Crippen molar-refractivity contribution in [2.45, 2.75) is 45.2 Å². The van der Waals surface area contributed by atoms with Gasteiger partial charge in [-0.2, -0.15) is 5.10 Å². The van der Waals surface area contributed by atoms with E-state index in [4.69, 9.17) is 5.10 Å². The number of nitrogens with one attached hydrogen (secondary N) is 1. The second kappa shape index (κ2) is 8.85. The van der Waals surface area contributed by atoms with Gasteiger partial charge in [0.15, 0.2) is 0 Å². The number of piperidine rings is 1. The molecule has 160 valence electrons. The van der Waals surface area contributed by atoms with Crippen LogP contribution in [0.25, 0.3) is 0 Å². The van der Waals surface area contributed by atoms with Gasteiger partial charge >= 0.3 is 6.03 Å². The Morgan fingerprint density at radius 3 is 2.60 bits per heavy atom. The smallest absolute Gasteiger partial charge is 0.317 e. The third kappa shape index (κ3) is 4.32. The molecule has 0 aliphatic carbocycles.